The number of hydrogen-bond acceptors (Lipinski definition) is 3. The molecule has 0 amide bonds. The van der Waals surface area contributed by atoms with E-state index in [-0.39, 0.29) is 11.6 Å². The summed E-state index contributed by atoms with van der Waals surface area (Å²) in [7, 11) is 0. The largest absolute Gasteiger partial charge is 0.312 e. The van der Waals surface area contributed by atoms with Crippen LogP contribution in [0.3, 0.4) is 0 Å². The van der Waals surface area contributed by atoms with Crippen molar-refractivity contribution in [2.45, 2.75) is 38.6 Å². The van der Waals surface area contributed by atoms with E-state index >= 15 is 0 Å². The van der Waals surface area contributed by atoms with E-state index in [1.807, 2.05) is 41.0 Å². The van der Waals surface area contributed by atoms with Crippen LogP contribution in [0.1, 0.15) is 42.8 Å². The average molecular weight is 372 g/mol. The first-order chi connectivity index (χ1) is 13.7. The summed E-state index contributed by atoms with van der Waals surface area (Å²) in [5.74, 6) is 0.668. The van der Waals surface area contributed by atoms with Gasteiger partial charge in [-0.15, -0.1) is 0 Å². The van der Waals surface area contributed by atoms with Gasteiger partial charge >= 0.3 is 0 Å². The number of hydrogen-bond donors (Lipinski definition) is 1. The van der Waals surface area contributed by atoms with Crippen molar-refractivity contribution in [3.8, 4) is 0 Å². The molecule has 0 saturated carbocycles. The Labute approximate surface area is 164 Å². The quantitative estimate of drug-likeness (QED) is 0.526. The fourth-order valence-corrected chi connectivity index (χ4v) is 3.55. The number of nitrogens with one attached hydrogen (secondary N) is 1. The molecule has 0 saturated heterocycles. The zero-order valence-corrected chi connectivity index (χ0v) is 16.0. The van der Waals surface area contributed by atoms with Crippen LogP contribution in [0.2, 0.25) is 0 Å². The lowest BCUT2D eigenvalue weighted by Crippen LogP contribution is -2.14. The zero-order chi connectivity index (χ0) is 19.3. The second kappa shape index (κ2) is 8.21. The topological polar surface area (TPSA) is 63.6 Å². The van der Waals surface area contributed by atoms with E-state index in [4.69, 9.17) is 4.98 Å². The lowest BCUT2D eigenvalue weighted by molar-refractivity contribution is 0.496. The monoisotopic (exact) mass is 372 g/mol. The van der Waals surface area contributed by atoms with Crippen LogP contribution in [-0.2, 0) is 12.8 Å². The standard InChI is InChI=1S/C23H24N4O/c1-17(9-8-14-18-10-4-2-5-11-18)27-16-24-21-22(27)25-20(26-23(21)28)15-19-12-6-3-7-13-19/h2-7,10-13,16-17H,8-9,14-15H2,1H3,(H,25,26,28). The van der Waals surface area contributed by atoms with Crippen molar-refractivity contribution in [2.24, 2.45) is 0 Å². The van der Waals surface area contributed by atoms with Gasteiger partial charge in [0.1, 0.15) is 5.82 Å². The lowest BCUT2D eigenvalue weighted by atomic mass is 10.1. The molecular formula is C23H24N4O. The summed E-state index contributed by atoms with van der Waals surface area (Å²) in [6.45, 7) is 2.16. The summed E-state index contributed by atoms with van der Waals surface area (Å²) in [6.07, 6.45) is 5.46. The van der Waals surface area contributed by atoms with Crippen LogP contribution in [0.5, 0.6) is 0 Å². The number of nitrogens with zero attached hydrogens (tertiary/aromatic N) is 3. The molecule has 0 aliphatic carbocycles. The summed E-state index contributed by atoms with van der Waals surface area (Å²) in [6, 6.07) is 20.8. The molecule has 142 valence electrons. The van der Waals surface area contributed by atoms with Gasteiger partial charge in [0, 0.05) is 12.5 Å². The number of fused-ring (bicyclic) bond motifs is 1. The summed E-state index contributed by atoms with van der Waals surface area (Å²) < 4.78 is 2.03. The van der Waals surface area contributed by atoms with Crippen molar-refractivity contribution >= 4 is 11.2 Å². The van der Waals surface area contributed by atoms with E-state index in [9.17, 15) is 4.79 Å². The average Bonchev–Trinajstić information content (AvgIpc) is 3.14. The van der Waals surface area contributed by atoms with Gasteiger partial charge in [-0.3, -0.25) is 4.79 Å². The van der Waals surface area contributed by atoms with Crippen LogP contribution < -0.4 is 5.56 Å². The number of aromatic amines is 1. The van der Waals surface area contributed by atoms with Crippen molar-refractivity contribution in [1.29, 1.82) is 0 Å². The van der Waals surface area contributed by atoms with Crippen molar-refractivity contribution in [1.82, 2.24) is 19.5 Å². The van der Waals surface area contributed by atoms with Crippen LogP contribution >= 0.6 is 0 Å². The summed E-state index contributed by atoms with van der Waals surface area (Å²) >= 11 is 0. The maximum absolute atomic E-state index is 12.5. The molecule has 0 spiro atoms. The SMILES string of the molecule is CC(CCCc1ccccc1)n1cnc2c(=O)[nH]c(Cc3ccccc3)nc21. The normalized spacial score (nSPS) is 12.3. The predicted molar refractivity (Wildman–Crippen MR) is 111 cm³/mol. The van der Waals surface area contributed by atoms with Gasteiger partial charge in [0.05, 0.1) is 6.33 Å². The Morgan fingerprint density at radius 2 is 1.68 bits per heavy atom. The molecule has 2 heterocycles. The minimum absolute atomic E-state index is 0.175. The van der Waals surface area contributed by atoms with E-state index in [1.165, 1.54) is 5.56 Å². The summed E-state index contributed by atoms with van der Waals surface area (Å²) in [5.41, 5.74) is 3.37. The minimum atomic E-state index is -0.175. The molecule has 0 bridgehead atoms. The van der Waals surface area contributed by atoms with E-state index in [1.54, 1.807) is 6.33 Å². The molecule has 1 N–H and O–H groups in total. The highest BCUT2D eigenvalue weighted by Gasteiger charge is 2.14. The van der Waals surface area contributed by atoms with Gasteiger partial charge in [-0.2, -0.15) is 0 Å². The highest BCUT2D eigenvalue weighted by molar-refractivity contribution is 5.69. The van der Waals surface area contributed by atoms with Gasteiger partial charge in [0.2, 0.25) is 0 Å². The Balaban J connectivity index is 1.52. The Hall–Kier alpha value is -3.21. The molecule has 4 aromatic rings. The van der Waals surface area contributed by atoms with Crippen molar-refractivity contribution < 1.29 is 0 Å². The van der Waals surface area contributed by atoms with E-state index in [0.717, 1.165) is 24.8 Å². The number of H-pyrrole nitrogens is 1. The summed E-state index contributed by atoms with van der Waals surface area (Å²) in [5, 5.41) is 0. The van der Waals surface area contributed by atoms with E-state index < -0.39 is 0 Å². The zero-order valence-electron chi connectivity index (χ0n) is 16.0. The molecule has 28 heavy (non-hydrogen) atoms. The van der Waals surface area contributed by atoms with Gasteiger partial charge in [-0.05, 0) is 37.3 Å². The summed E-state index contributed by atoms with van der Waals surface area (Å²) in [4.78, 5) is 24.4. The smallest absolute Gasteiger partial charge is 0.279 e. The molecule has 5 heteroatoms. The van der Waals surface area contributed by atoms with Gasteiger partial charge < -0.3 is 9.55 Å². The van der Waals surface area contributed by atoms with Crippen molar-refractivity contribution in [2.75, 3.05) is 0 Å². The van der Waals surface area contributed by atoms with Crippen molar-refractivity contribution in [3.05, 3.63) is 94.3 Å². The second-order valence-corrected chi connectivity index (χ2v) is 7.23. The predicted octanol–water partition coefficient (Wildman–Crippen LogP) is 4.29. The Bertz CT molecular complexity index is 1100. The first-order valence-electron chi connectivity index (χ1n) is 9.74. The molecule has 4 rings (SSSR count). The molecule has 0 aliphatic heterocycles. The fraction of sp³-hybridized carbons (Fsp3) is 0.261. The Kier molecular flexibility index (Phi) is 5.33. The van der Waals surface area contributed by atoms with E-state index in [0.29, 0.717) is 23.4 Å². The first-order valence-corrected chi connectivity index (χ1v) is 9.74. The van der Waals surface area contributed by atoms with Crippen LogP contribution in [0.4, 0.5) is 0 Å². The van der Waals surface area contributed by atoms with Gasteiger partial charge in [0.25, 0.3) is 5.56 Å². The molecule has 0 fully saturated rings. The third-order valence-electron chi connectivity index (χ3n) is 5.10. The number of imidazole rings is 1. The molecular weight excluding hydrogens is 348 g/mol. The molecule has 5 nitrogen and oxygen atoms in total. The number of aryl methyl sites for hydroxylation is 1. The number of benzene rings is 2. The highest BCUT2D eigenvalue weighted by Crippen LogP contribution is 2.19. The molecule has 1 unspecified atom stereocenters. The minimum Gasteiger partial charge on any atom is -0.312 e. The van der Waals surface area contributed by atoms with Crippen molar-refractivity contribution in [3.63, 3.8) is 0 Å². The van der Waals surface area contributed by atoms with Gasteiger partial charge in [-0.25, -0.2) is 9.97 Å². The van der Waals surface area contributed by atoms with Crippen LogP contribution in [0.15, 0.2) is 71.8 Å². The van der Waals surface area contributed by atoms with Crippen LogP contribution in [0, 0.1) is 0 Å². The highest BCUT2D eigenvalue weighted by atomic mass is 16.1. The number of rotatable bonds is 7. The molecule has 0 aliphatic rings. The molecule has 2 aromatic carbocycles. The Morgan fingerprint density at radius 3 is 2.39 bits per heavy atom. The second-order valence-electron chi connectivity index (χ2n) is 7.23. The lowest BCUT2D eigenvalue weighted by Gasteiger charge is -2.14. The van der Waals surface area contributed by atoms with Crippen LogP contribution in [0.25, 0.3) is 11.2 Å². The first kappa shape index (κ1) is 18.2. The molecule has 0 radical (unpaired) electrons. The van der Waals surface area contributed by atoms with Gasteiger partial charge in [-0.1, -0.05) is 60.7 Å². The fourth-order valence-electron chi connectivity index (χ4n) is 3.55. The third-order valence-corrected chi connectivity index (χ3v) is 5.10. The molecule has 2 aromatic heterocycles. The third kappa shape index (κ3) is 4.03. The van der Waals surface area contributed by atoms with E-state index in [2.05, 4.69) is 41.2 Å². The van der Waals surface area contributed by atoms with Gasteiger partial charge in [0.15, 0.2) is 11.2 Å². The van der Waals surface area contributed by atoms with Crippen LogP contribution in [-0.4, -0.2) is 19.5 Å². The Morgan fingerprint density at radius 1 is 1.00 bits per heavy atom. The maximum atomic E-state index is 12.5. The molecule has 1 atom stereocenters. The number of aromatic nitrogens is 4. The maximum Gasteiger partial charge on any atom is 0.279 e.